The molecule has 2 aromatic rings. The van der Waals surface area contributed by atoms with Crippen molar-refractivity contribution in [3.8, 4) is 11.5 Å². The third-order valence-corrected chi connectivity index (χ3v) is 5.43. The van der Waals surface area contributed by atoms with Crippen molar-refractivity contribution in [3.63, 3.8) is 0 Å². The van der Waals surface area contributed by atoms with Gasteiger partial charge in [-0.1, -0.05) is 12.1 Å². The molecule has 2 N–H and O–H groups in total. The lowest BCUT2D eigenvalue weighted by molar-refractivity contribution is 0.0322. The van der Waals surface area contributed by atoms with Crippen LogP contribution in [-0.2, 0) is 4.74 Å². The van der Waals surface area contributed by atoms with E-state index in [0.717, 1.165) is 56.6 Å². The van der Waals surface area contributed by atoms with Gasteiger partial charge in [-0.25, -0.2) is 0 Å². The minimum atomic E-state index is -0.132. The fourth-order valence-electron chi connectivity index (χ4n) is 3.60. The predicted octanol–water partition coefficient (Wildman–Crippen LogP) is 2.56. The van der Waals surface area contributed by atoms with Crippen molar-refractivity contribution in [2.75, 3.05) is 58.4 Å². The van der Waals surface area contributed by atoms with Crippen LogP contribution in [-0.4, -0.2) is 70.5 Å². The zero-order valence-electron chi connectivity index (χ0n) is 17.4. The second-order valence-electron chi connectivity index (χ2n) is 7.46. The molecule has 0 aliphatic carbocycles. The molecule has 2 unspecified atom stereocenters. The van der Waals surface area contributed by atoms with E-state index in [9.17, 15) is 0 Å². The predicted molar refractivity (Wildman–Crippen MR) is 119 cm³/mol. The van der Waals surface area contributed by atoms with Crippen LogP contribution in [0.15, 0.2) is 53.5 Å². The molecule has 1 fully saturated rings. The first-order chi connectivity index (χ1) is 14.8. The number of hydrogen-bond acceptors (Lipinski definition) is 7. The van der Waals surface area contributed by atoms with Crippen LogP contribution >= 0.6 is 0 Å². The largest absolute Gasteiger partial charge is 0.497 e. The van der Waals surface area contributed by atoms with Crippen molar-refractivity contribution in [2.45, 2.75) is 12.2 Å². The summed E-state index contributed by atoms with van der Waals surface area (Å²) in [7, 11) is 1.68. The molecule has 2 heterocycles. The number of nitrogens with zero attached hydrogens (tertiary/aromatic N) is 2. The molecule has 1 saturated heterocycles. The Morgan fingerprint density at radius 2 is 1.80 bits per heavy atom. The molecule has 7 nitrogen and oxygen atoms in total. The van der Waals surface area contributed by atoms with Gasteiger partial charge in [0.15, 0.2) is 6.29 Å². The number of benzene rings is 2. The molecule has 0 radical (unpaired) electrons. The molecule has 0 aromatic heterocycles. The summed E-state index contributed by atoms with van der Waals surface area (Å²) in [5.41, 5.74) is 2.23. The van der Waals surface area contributed by atoms with Crippen molar-refractivity contribution >= 4 is 11.9 Å². The molecule has 7 heteroatoms. The monoisotopic (exact) mass is 410 g/mol. The molecular formula is C23H30N4O3. The van der Waals surface area contributed by atoms with Gasteiger partial charge in [-0.3, -0.25) is 15.2 Å². The quantitative estimate of drug-likeness (QED) is 0.697. The number of aliphatic imine (C=N–C) groups is 1. The summed E-state index contributed by atoms with van der Waals surface area (Å²) >= 11 is 0. The molecule has 30 heavy (non-hydrogen) atoms. The number of anilines is 1. The van der Waals surface area contributed by atoms with Gasteiger partial charge in [0.2, 0.25) is 0 Å². The Morgan fingerprint density at radius 3 is 2.47 bits per heavy atom. The van der Waals surface area contributed by atoms with Crippen LogP contribution in [0.4, 0.5) is 5.69 Å². The van der Waals surface area contributed by atoms with E-state index >= 15 is 0 Å². The van der Waals surface area contributed by atoms with E-state index in [0.29, 0.717) is 6.61 Å². The van der Waals surface area contributed by atoms with Crippen LogP contribution in [0.5, 0.6) is 11.5 Å². The minimum absolute atomic E-state index is 0.132. The Kier molecular flexibility index (Phi) is 7.18. The van der Waals surface area contributed by atoms with Crippen molar-refractivity contribution < 1.29 is 14.2 Å². The Balaban J connectivity index is 1.22. The number of morpholine rings is 1. The maximum atomic E-state index is 5.87. The number of hydrogen-bond donors (Lipinski definition) is 2. The lowest BCUT2D eigenvalue weighted by atomic mass is 9.99. The normalized spacial score (nSPS) is 21.9. The van der Waals surface area contributed by atoms with E-state index in [1.165, 1.54) is 5.56 Å². The van der Waals surface area contributed by atoms with Gasteiger partial charge in [-0.15, -0.1) is 0 Å². The lowest BCUT2D eigenvalue weighted by Crippen LogP contribution is -2.41. The highest BCUT2D eigenvalue weighted by Crippen LogP contribution is 2.21. The molecular weight excluding hydrogens is 380 g/mol. The molecule has 160 valence electrons. The first-order valence-corrected chi connectivity index (χ1v) is 10.5. The lowest BCUT2D eigenvalue weighted by Gasteiger charge is -2.26. The minimum Gasteiger partial charge on any atom is -0.497 e. The summed E-state index contributed by atoms with van der Waals surface area (Å²) in [6, 6.07) is 16.2. The summed E-state index contributed by atoms with van der Waals surface area (Å²) in [5, 5.41) is 6.84. The summed E-state index contributed by atoms with van der Waals surface area (Å²) in [6.45, 7) is 6.06. The summed E-state index contributed by atoms with van der Waals surface area (Å²) in [6.07, 6.45) is 1.88. The van der Waals surface area contributed by atoms with E-state index < -0.39 is 0 Å². The van der Waals surface area contributed by atoms with Crippen molar-refractivity contribution in [1.29, 1.82) is 0 Å². The third-order valence-electron chi connectivity index (χ3n) is 5.43. The van der Waals surface area contributed by atoms with Crippen LogP contribution < -0.4 is 20.1 Å². The smallest absolute Gasteiger partial charge is 0.173 e. The fourth-order valence-corrected chi connectivity index (χ4v) is 3.60. The van der Waals surface area contributed by atoms with Gasteiger partial charge in [0.05, 0.1) is 20.3 Å². The van der Waals surface area contributed by atoms with E-state index in [-0.39, 0.29) is 12.2 Å². The molecule has 0 saturated carbocycles. The van der Waals surface area contributed by atoms with E-state index in [1.807, 2.05) is 42.6 Å². The number of nitrogens with one attached hydrogen (secondary N) is 2. The highest BCUT2D eigenvalue weighted by molar-refractivity contribution is 5.69. The molecule has 0 bridgehead atoms. The van der Waals surface area contributed by atoms with Gasteiger partial charge >= 0.3 is 0 Å². The molecule has 2 aliphatic heterocycles. The van der Waals surface area contributed by atoms with Crippen molar-refractivity contribution in [2.24, 2.45) is 4.99 Å². The van der Waals surface area contributed by atoms with Crippen molar-refractivity contribution in [3.05, 3.63) is 54.1 Å². The van der Waals surface area contributed by atoms with Gasteiger partial charge in [0.25, 0.3) is 0 Å². The summed E-state index contributed by atoms with van der Waals surface area (Å²) in [4.78, 5) is 6.99. The van der Waals surface area contributed by atoms with E-state index in [1.54, 1.807) is 7.11 Å². The van der Waals surface area contributed by atoms with Crippen LogP contribution in [0.3, 0.4) is 0 Å². The van der Waals surface area contributed by atoms with Crippen LogP contribution in [0.2, 0.25) is 0 Å². The maximum absolute atomic E-state index is 5.87. The van der Waals surface area contributed by atoms with Gasteiger partial charge in [0.1, 0.15) is 18.1 Å². The summed E-state index contributed by atoms with van der Waals surface area (Å²) < 4.78 is 16.5. The van der Waals surface area contributed by atoms with E-state index in [2.05, 4.69) is 32.7 Å². The Labute approximate surface area is 178 Å². The Morgan fingerprint density at radius 1 is 1.07 bits per heavy atom. The number of methoxy groups -OCH3 is 1. The second-order valence-corrected chi connectivity index (χ2v) is 7.46. The highest BCUT2D eigenvalue weighted by Gasteiger charge is 2.17. The number of ether oxygens (including phenoxy) is 3. The number of rotatable bonds is 8. The molecule has 2 aliphatic rings. The Bertz CT molecular complexity index is 804. The molecule has 4 rings (SSSR count). The summed E-state index contributed by atoms with van der Waals surface area (Å²) in [5.74, 6) is 2.01. The van der Waals surface area contributed by atoms with Gasteiger partial charge < -0.3 is 19.5 Å². The molecule has 0 amide bonds. The SMILES string of the molecule is COc1ccc(C2C=NC(Nc3ccc(OCCN4CCOCC4)cc3)NC2)cc1. The molecule has 2 atom stereocenters. The standard InChI is InChI=1S/C23H30N4O3/c1-28-21-6-2-18(3-7-21)19-16-24-23(25-17-19)26-20-4-8-22(9-5-20)30-15-12-27-10-13-29-14-11-27/h2-9,16,19,23,25-26H,10-15,17H2,1H3. The molecule has 2 aromatic carbocycles. The van der Waals surface area contributed by atoms with Crippen LogP contribution in [0.25, 0.3) is 0 Å². The maximum Gasteiger partial charge on any atom is 0.173 e. The van der Waals surface area contributed by atoms with Crippen molar-refractivity contribution in [1.82, 2.24) is 10.2 Å². The first kappa shape index (κ1) is 20.7. The van der Waals surface area contributed by atoms with Gasteiger partial charge in [-0.2, -0.15) is 0 Å². The van der Waals surface area contributed by atoms with Gasteiger partial charge in [0, 0.05) is 44.0 Å². The highest BCUT2D eigenvalue weighted by atomic mass is 16.5. The molecule has 0 spiro atoms. The topological polar surface area (TPSA) is 67.3 Å². The van der Waals surface area contributed by atoms with Gasteiger partial charge in [-0.05, 0) is 42.0 Å². The zero-order valence-corrected chi connectivity index (χ0v) is 17.4. The van der Waals surface area contributed by atoms with E-state index in [4.69, 9.17) is 14.2 Å². The second kappa shape index (κ2) is 10.4. The average Bonchev–Trinajstić information content (AvgIpc) is 2.81. The van der Waals surface area contributed by atoms with Crippen LogP contribution in [0, 0.1) is 0 Å². The third kappa shape index (κ3) is 5.72. The first-order valence-electron chi connectivity index (χ1n) is 10.5. The van der Waals surface area contributed by atoms with Crippen LogP contribution in [0.1, 0.15) is 11.5 Å². The average molecular weight is 411 g/mol. The Hall–Kier alpha value is -2.61. The fraction of sp³-hybridized carbons (Fsp3) is 0.435. The zero-order chi connectivity index (χ0) is 20.6.